The van der Waals surface area contributed by atoms with Crippen LogP contribution in [-0.2, 0) is 18.2 Å². The highest BCUT2D eigenvalue weighted by Gasteiger charge is 2.44. The van der Waals surface area contributed by atoms with Crippen LogP contribution >= 0.6 is 11.6 Å². The molecule has 96 valence electrons. The minimum Gasteiger partial charge on any atom is -0.390 e. The van der Waals surface area contributed by atoms with Crippen LogP contribution in [0, 0.1) is 6.92 Å². The van der Waals surface area contributed by atoms with Gasteiger partial charge in [0.2, 0.25) is 0 Å². The van der Waals surface area contributed by atoms with Crippen molar-refractivity contribution in [2.75, 3.05) is 7.11 Å². The largest absolute Gasteiger partial charge is 0.390 e. The SMILES string of the molecule is COC1(C(O)Cc2c(Cl)c(C)nn2C)CCC1. The summed E-state index contributed by atoms with van der Waals surface area (Å²) >= 11 is 6.18. The molecule has 1 aromatic rings. The molecular weight excluding hydrogens is 240 g/mol. The first kappa shape index (κ1) is 12.9. The van der Waals surface area contributed by atoms with Crippen molar-refractivity contribution in [2.45, 2.75) is 44.3 Å². The summed E-state index contributed by atoms with van der Waals surface area (Å²) in [6.45, 7) is 1.87. The minimum atomic E-state index is -0.520. The second kappa shape index (κ2) is 4.59. The maximum Gasteiger partial charge on any atom is 0.0940 e. The van der Waals surface area contributed by atoms with Crippen LogP contribution in [0.15, 0.2) is 0 Å². The van der Waals surface area contributed by atoms with Gasteiger partial charge in [-0.3, -0.25) is 4.68 Å². The number of methoxy groups -OCH3 is 1. The first-order valence-electron chi connectivity index (χ1n) is 5.91. The van der Waals surface area contributed by atoms with Gasteiger partial charge in [-0.25, -0.2) is 0 Å². The standard InChI is InChI=1S/C12H19ClN2O2/c1-8-11(13)9(15(2)14-8)7-10(16)12(17-3)5-4-6-12/h10,16H,4-7H2,1-3H3. The number of aliphatic hydroxyl groups excluding tert-OH is 1. The highest BCUT2D eigenvalue weighted by molar-refractivity contribution is 6.31. The Bertz CT molecular complexity index is 407. The number of hydrogen-bond acceptors (Lipinski definition) is 3. The lowest BCUT2D eigenvalue weighted by Crippen LogP contribution is -2.51. The lowest BCUT2D eigenvalue weighted by Gasteiger charge is -2.44. The van der Waals surface area contributed by atoms with Crippen LogP contribution in [0.2, 0.25) is 5.02 Å². The fraction of sp³-hybridized carbons (Fsp3) is 0.750. The summed E-state index contributed by atoms with van der Waals surface area (Å²) < 4.78 is 7.21. The van der Waals surface area contributed by atoms with Gasteiger partial charge < -0.3 is 9.84 Å². The number of aliphatic hydroxyl groups is 1. The molecule has 0 radical (unpaired) electrons. The third-order valence-electron chi connectivity index (χ3n) is 3.86. The second-order valence-electron chi connectivity index (χ2n) is 4.81. The van der Waals surface area contributed by atoms with Gasteiger partial charge in [0.1, 0.15) is 0 Å². The number of hydrogen-bond donors (Lipinski definition) is 1. The Kier molecular flexibility index (Phi) is 3.48. The van der Waals surface area contributed by atoms with Crippen LogP contribution in [-0.4, -0.2) is 33.7 Å². The zero-order valence-corrected chi connectivity index (χ0v) is 11.3. The Labute approximate surface area is 107 Å². The van der Waals surface area contributed by atoms with E-state index in [9.17, 15) is 5.11 Å². The van der Waals surface area contributed by atoms with Crippen LogP contribution in [0.4, 0.5) is 0 Å². The van der Waals surface area contributed by atoms with Gasteiger partial charge in [0.05, 0.1) is 28.1 Å². The van der Waals surface area contributed by atoms with E-state index < -0.39 is 6.10 Å². The number of aryl methyl sites for hydroxylation is 2. The zero-order valence-electron chi connectivity index (χ0n) is 10.5. The monoisotopic (exact) mass is 258 g/mol. The van der Waals surface area contributed by atoms with Crippen molar-refractivity contribution in [1.29, 1.82) is 0 Å². The van der Waals surface area contributed by atoms with Gasteiger partial charge in [-0.15, -0.1) is 0 Å². The van der Waals surface area contributed by atoms with Crippen LogP contribution in [0.1, 0.15) is 30.7 Å². The molecule has 0 aliphatic heterocycles. The minimum absolute atomic E-state index is 0.374. The van der Waals surface area contributed by atoms with Gasteiger partial charge in [-0.1, -0.05) is 11.6 Å². The quantitative estimate of drug-likeness (QED) is 0.897. The summed E-state index contributed by atoms with van der Waals surface area (Å²) in [5.74, 6) is 0. The fourth-order valence-electron chi connectivity index (χ4n) is 2.47. The zero-order chi connectivity index (χ0) is 12.6. The molecular formula is C12H19ClN2O2. The normalized spacial score (nSPS) is 20.1. The lowest BCUT2D eigenvalue weighted by molar-refractivity contribution is -0.149. The van der Waals surface area contributed by atoms with Gasteiger partial charge in [0.15, 0.2) is 0 Å². The van der Waals surface area contributed by atoms with Crippen molar-refractivity contribution in [3.8, 4) is 0 Å². The molecule has 1 saturated carbocycles. The summed E-state index contributed by atoms with van der Waals surface area (Å²) in [6, 6.07) is 0. The topological polar surface area (TPSA) is 47.3 Å². The first-order chi connectivity index (χ1) is 8.00. The van der Waals surface area contributed by atoms with Crippen LogP contribution in [0.3, 0.4) is 0 Å². The number of aromatic nitrogens is 2. The maximum absolute atomic E-state index is 10.3. The summed E-state index contributed by atoms with van der Waals surface area (Å²) in [4.78, 5) is 0. The third kappa shape index (κ3) is 2.09. The molecule has 0 saturated heterocycles. The molecule has 2 rings (SSSR count). The van der Waals surface area contributed by atoms with Crippen molar-refractivity contribution < 1.29 is 9.84 Å². The van der Waals surface area contributed by atoms with E-state index in [1.54, 1.807) is 11.8 Å². The second-order valence-corrected chi connectivity index (χ2v) is 5.19. The molecule has 1 aliphatic carbocycles. The van der Waals surface area contributed by atoms with Crippen molar-refractivity contribution in [1.82, 2.24) is 9.78 Å². The van der Waals surface area contributed by atoms with E-state index >= 15 is 0 Å². The van der Waals surface area contributed by atoms with Crippen LogP contribution < -0.4 is 0 Å². The van der Waals surface area contributed by atoms with E-state index in [1.165, 1.54) is 0 Å². The Morgan fingerprint density at radius 3 is 2.59 bits per heavy atom. The van der Waals surface area contributed by atoms with Crippen molar-refractivity contribution >= 4 is 11.6 Å². The Morgan fingerprint density at radius 2 is 2.24 bits per heavy atom. The average Bonchev–Trinajstić information content (AvgIpc) is 2.44. The molecule has 1 heterocycles. The smallest absolute Gasteiger partial charge is 0.0940 e. The van der Waals surface area contributed by atoms with Gasteiger partial charge in [-0.2, -0.15) is 5.10 Å². The molecule has 1 atom stereocenters. The molecule has 0 bridgehead atoms. The van der Waals surface area contributed by atoms with Gasteiger partial charge in [-0.05, 0) is 26.2 Å². The molecule has 0 spiro atoms. The molecule has 5 heteroatoms. The van der Waals surface area contributed by atoms with Crippen molar-refractivity contribution in [3.63, 3.8) is 0 Å². The fourth-order valence-corrected chi connectivity index (χ4v) is 2.71. The predicted molar refractivity (Wildman–Crippen MR) is 66.3 cm³/mol. The summed E-state index contributed by atoms with van der Waals surface area (Å²) in [5, 5.41) is 15.2. The van der Waals surface area contributed by atoms with Gasteiger partial charge >= 0.3 is 0 Å². The van der Waals surface area contributed by atoms with E-state index in [2.05, 4.69) is 5.10 Å². The highest BCUT2D eigenvalue weighted by atomic mass is 35.5. The molecule has 0 aromatic carbocycles. The lowest BCUT2D eigenvalue weighted by atomic mass is 9.74. The van der Waals surface area contributed by atoms with E-state index in [0.29, 0.717) is 11.4 Å². The van der Waals surface area contributed by atoms with E-state index in [4.69, 9.17) is 16.3 Å². The molecule has 4 nitrogen and oxygen atoms in total. The molecule has 0 amide bonds. The number of rotatable bonds is 4. The van der Waals surface area contributed by atoms with Gasteiger partial charge in [0.25, 0.3) is 0 Å². The predicted octanol–water partition coefficient (Wildman–Crippen LogP) is 1.85. The van der Waals surface area contributed by atoms with Gasteiger partial charge in [0, 0.05) is 20.6 Å². The van der Waals surface area contributed by atoms with Crippen molar-refractivity contribution in [2.24, 2.45) is 7.05 Å². The molecule has 1 aromatic heterocycles. The van der Waals surface area contributed by atoms with Crippen LogP contribution in [0.25, 0.3) is 0 Å². The molecule has 1 unspecified atom stereocenters. The summed E-state index contributed by atoms with van der Waals surface area (Å²) in [5.41, 5.74) is 1.30. The Morgan fingerprint density at radius 1 is 1.59 bits per heavy atom. The molecule has 1 N–H and O–H groups in total. The summed E-state index contributed by atoms with van der Waals surface area (Å²) in [6.07, 6.45) is 2.92. The average molecular weight is 259 g/mol. The van der Waals surface area contributed by atoms with Crippen molar-refractivity contribution in [3.05, 3.63) is 16.4 Å². The summed E-state index contributed by atoms with van der Waals surface area (Å²) in [7, 11) is 3.51. The molecule has 1 aliphatic rings. The van der Waals surface area contributed by atoms with E-state index in [-0.39, 0.29) is 5.60 Å². The molecule has 17 heavy (non-hydrogen) atoms. The third-order valence-corrected chi connectivity index (χ3v) is 4.35. The number of nitrogens with zero attached hydrogens (tertiary/aromatic N) is 2. The Hall–Kier alpha value is -0.580. The van der Waals surface area contributed by atoms with E-state index in [0.717, 1.165) is 30.7 Å². The maximum atomic E-state index is 10.3. The van der Waals surface area contributed by atoms with E-state index in [1.807, 2.05) is 14.0 Å². The first-order valence-corrected chi connectivity index (χ1v) is 6.29. The van der Waals surface area contributed by atoms with Crippen LogP contribution in [0.5, 0.6) is 0 Å². The Balaban J connectivity index is 2.15. The number of halogens is 1. The molecule has 1 fully saturated rings. The number of ether oxygens (including phenoxy) is 1. The highest BCUT2D eigenvalue weighted by Crippen LogP contribution is 2.39.